The normalized spacial score (nSPS) is 15.8. The van der Waals surface area contributed by atoms with E-state index in [1.54, 1.807) is 16.7 Å². The van der Waals surface area contributed by atoms with Crippen molar-refractivity contribution < 1.29 is 32.3 Å². The lowest BCUT2D eigenvalue weighted by molar-refractivity contribution is -0.389. The van der Waals surface area contributed by atoms with E-state index >= 15 is 0 Å². The van der Waals surface area contributed by atoms with Crippen molar-refractivity contribution in [3.8, 4) is 22.9 Å². The summed E-state index contributed by atoms with van der Waals surface area (Å²) < 4.78 is 53.4. The maximum absolute atomic E-state index is 12.3. The fourth-order valence-corrected chi connectivity index (χ4v) is 3.27. The van der Waals surface area contributed by atoms with Crippen LogP contribution in [0, 0.1) is 10.1 Å². The lowest BCUT2D eigenvalue weighted by atomic mass is 10.0. The van der Waals surface area contributed by atoms with Crippen molar-refractivity contribution in [2.24, 2.45) is 0 Å². The number of halogens is 3. The number of hydrogen-bond acceptors (Lipinski definition) is 6. The highest BCUT2D eigenvalue weighted by Crippen LogP contribution is 2.27. The van der Waals surface area contributed by atoms with Crippen LogP contribution >= 0.6 is 0 Å². The Morgan fingerprint density at radius 2 is 1.82 bits per heavy atom. The fourth-order valence-electron chi connectivity index (χ4n) is 3.27. The smallest absolute Gasteiger partial charge is 0.443 e. The molecule has 1 atom stereocenters. The molecular weight excluding hydrogens is 443 g/mol. The molecule has 1 aliphatic heterocycles. The molecule has 8 nitrogen and oxygen atoms in total. The number of hydrogen-bond donors (Lipinski definition) is 0. The van der Waals surface area contributed by atoms with Crippen molar-refractivity contribution in [1.29, 1.82) is 0 Å². The number of nitrogens with zero attached hydrogens (tertiary/aromatic N) is 3. The lowest BCUT2D eigenvalue weighted by Crippen LogP contribution is -2.32. The molecule has 1 unspecified atom stereocenters. The van der Waals surface area contributed by atoms with Crippen LogP contribution in [0.1, 0.15) is 5.56 Å². The van der Waals surface area contributed by atoms with E-state index in [4.69, 9.17) is 9.47 Å². The van der Waals surface area contributed by atoms with Crippen LogP contribution in [-0.2, 0) is 11.3 Å². The minimum absolute atomic E-state index is 0.208. The largest absolute Gasteiger partial charge is 0.573 e. The Hall–Kier alpha value is -3.86. The van der Waals surface area contributed by atoms with Crippen LogP contribution in [0.4, 0.5) is 19.0 Å². The second-order valence-corrected chi connectivity index (χ2v) is 7.15. The Balaban J connectivity index is 1.28. The average molecular weight is 461 g/mol. The minimum atomic E-state index is -4.72. The second kappa shape index (κ2) is 9.33. The monoisotopic (exact) mass is 461 g/mol. The molecule has 0 N–H and O–H groups in total. The van der Waals surface area contributed by atoms with Crippen molar-refractivity contribution in [1.82, 2.24) is 9.55 Å². The molecule has 0 saturated heterocycles. The number of aromatic nitrogens is 2. The molecule has 1 aliphatic rings. The van der Waals surface area contributed by atoms with Crippen LogP contribution in [0.5, 0.6) is 11.8 Å². The predicted molar refractivity (Wildman–Crippen MR) is 112 cm³/mol. The summed E-state index contributed by atoms with van der Waals surface area (Å²) in [6.07, 6.45) is 0.0549. The summed E-state index contributed by atoms with van der Waals surface area (Å²) in [5.41, 5.74) is 2.54. The van der Waals surface area contributed by atoms with Crippen molar-refractivity contribution in [3.05, 3.63) is 76.5 Å². The molecule has 4 rings (SSSR count). The molecule has 33 heavy (non-hydrogen) atoms. The summed E-state index contributed by atoms with van der Waals surface area (Å²) in [5, 5.41) is 10.8. The SMILES string of the molecule is O=[N+]([O-])c1cn2c(n1)OCC(OC/C=C/c1ccc(-c3ccc(OC(F)(F)F)cc3)cc1)C2. The molecule has 0 bridgehead atoms. The first-order chi connectivity index (χ1) is 15.8. The first-order valence-corrected chi connectivity index (χ1v) is 9.85. The van der Waals surface area contributed by atoms with Crippen LogP contribution < -0.4 is 9.47 Å². The lowest BCUT2D eigenvalue weighted by Gasteiger charge is -2.21. The van der Waals surface area contributed by atoms with Gasteiger partial charge in [0, 0.05) is 4.98 Å². The summed E-state index contributed by atoms with van der Waals surface area (Å²) in [7, 11) is 0. The van der Waals surface area contributed by atoms with E-state index in [0.29, 0.717) is 13.2 Å². The van der Waals surface area contributed by atoms with Crippen LogP contribution in [0.2, 0.25) is 0 Å². The molecule has 0 fully saturated rings. The van der Waals surface area contributed by atoms with Gasteiger partial charge in [0.25, 0.3) is 0 Å². The third-order valence-electron chi connectivity index (χ3n) is 4.78. The Labute approximate surface area is 186 Å². The van der Waals surface area contributed by atoms with E-state index in [1.165, 1.54) is 18.3 Å². The van der Waals surface area contributed by atoms with Gasteiger partial charge in [-0.25, -0.2) is 0 Å². The van der Waals surface area contributed by atoms with E-state index in [0.717, 1.165) is 16.7 Å². The number of benzene rings is 2. The number of fused-ring (bicyclic) bond motifs is 1. The van der Waals surface area contributed by atoms with Crippen molar-refractivity contribution in [3.63, 3.8) is 0 Å². The Morgan fingerprint density at radius 3 is 2.45 bits per heavy atom. The molecule has 172 valence electrons. The Morgan fingerprint density at radius 1 is 1.15 bits per heavy atom. The van der Waals surface area contributed by atoms with Gasteiger partial charge in [0.15, 0.2) is 0 Å². The average Bonchev–Trinajstić information content (AvgIpc) is 3.21. The molecule has 3 aromatic rings. The molecule has 0 amide bonds. The second-order valence-electron chi connectivity index (χ2n) is 7.15. The highest BCUT2D eigenvalue weighted by molar-refractivity contribution is 5.66. The van der Waals surface area contributed by atoms with Gasteiger partial charge in [0.05, 0.1) is 13.2 Å². The van der Waals surface area contributed by atoms with Gasteiger partial charge in [0.2, 0.25) is 0 Å². The van der Waals surface area contributed by atoms with E-state index in [9.17, 15) is 23.3 Å². The van der Waals surface area contributed by atoms with E-state index in [-0.39, 0.29) is 30.3 Å². The maximum atomic E-state index is 12.3. The van der Waals surface area contributed by atoms with Gasteiger partial charge >= 0.3 is 18.2 Å². The van der Waals surface area contributed by atoms with Gasteiger partial charge in [0.1, 0.15) is 24.7 Å². The van der Waals surface area contributed by atoms with Crippen LogP contribution in [0.3, 0.4) is 0 Å². The number of rotatable bonds is 7. The standard InChI is InChI=1S/C22H18F3N3O5/c23-22(24,25)33-18-9-7-17(8-10-18)16-5-3-15(4-6-16)2-1-11-31-19-12-27-13-20(28(29)30)26-21(27)32-14-19/h1-10,13,19H,11-12,14H2/b2-1+. The van der Waals surface area contributed by atoms with Crippen molar-refractivity contribution in [2.45, 2.75) is 19.0 Å². The number of nitro groups is 1. The van der Waals surface area contributed by atoms with Gasteiger partial charge in [-0.05, 0) is 33.7 Å². The summed E-state index contributed by atoms with van der Waals surface area (Å²) in [5.74, 6) is -0.531. The third-order valence-corrected chi connectivity index (χ3v) is 4.78. The zero-order valence-electron chi connectivity index (χ0n) is 17.1. The van der Waals surface area contributed by atoms with E-state index in [2.05, 4.69) is 9.72 Å². The number of imidazole rings is 1. The van der Waals surface area contributed by atoms with Gasteiger partial charge in [-0.15, -0.1) is 13.2 Å². The summed E-state index contributed by atoms with van der Waals surface area (Å²) >= 11 is 0. The number of alkyl halides is 3. The maximum Gasteiger partial charge on any atom is 0.573 e. The van der Waals surface area contributed by atoms with Crippen LogP contribution in [0.15, 0.2) is 60.8 Å². The van der Waals surface area contributed by atoms with Crippen molar-refractivity contribution >= 4 is 11.9 Å². The molecule has 11 heteroatoms. The molecular formula is C22H18F3N3O5. The number of ether oxygens (including phenoxy) is 3. The summed E-state index contributed by atoms with van der Waals surface area (Å²) in [6, 6.07) is 13.4. The molecule has 1 aromatic heterocycles. The highest BCUT2D eigenvalue weighted by Gasteiger charge is 2.31. The fraction of sp³-hybridized carbons (Fsp3) is 0.227. The van der Waals surface area contributed by atoms with Gasteiger partial charge in [-0.3, -0.25) is 4.57 Å². The Bertz CT molecular complexity index is 1140. The first-order valence-electron chi connectivity index (χ1n) is 9.85. The summed E-state index contributed by atoms with van der Waals surface area (Å²) in [4.78, 5) is 14.0. The van der Waals surface area contributed by atoms with E-state index in [1.807, 2.05) is 36.4 Å². The first kappa shape index (κ1) is 22.3. The van der Waals surface area contributed by atoms with Crippen molar-refractivity contribution in [2.75, 3.05) is 13.2 Å². The van der Waals surface area contributed by atoms with Crippen LogP contribution in [-0.4, -0.2) is 40.2 Å². The predicted octanol–water partition coefficient (Wildman–Crippen LogP) is 4.85. The molecule has 0 aliphatic carbocycles. The quantitative estimate of drug-likeness (QED) is 0.369. The molecule has 0 saturated carbocycles. The third kappa shape index (κ3) is 5.89. The van der Waals surface area contributed by atoms with Gasteiger partial charge < -0.3 is 24.3 Å². The van der Waals surface area contributed by atoms with Gasteiger partial charge in [-0.1, -0.05) is 48.6 Å². The topological polar surface area (TPSA) is 88.7 Å². The highest BCUT2D eigenvalue weighted by atomic mass is 19.4. The molecule has 2 aromatic carbocycles. The van der Waals surface area contributed by atoms with Crippen LogP contribution in [0.25, 0.3) is 17.2 Å². The Kier molecular flexibility index (Phi) is 6.31. The molecule has 0 spiro atoms. The zero-order valence-corrected chi connectivity index (χ0v) is 17.1. The van der Waals surface area contributed by atoms with E-state index < -0.39 is 11.3 Å². The molecule has 0 radical (unpaired) electrons. The van der Waals surface area contributed by atoms with Gasteiger partial charge in [-0.2, -0.15) is 0 Å². The minimum Gasteiger partial charge on any atom is -0.443 e. The summed E-state index contributed by atoms with van der Waals surface area (Å²) in [6.45, 7) is 0.984. The zero-order chi connectivity index (χ0) is 23.4. The molecule has 2 heterocycles.